The van der Waals surface area contributed by atoms with Crippen molar-refractivity contribution in [3.63, 3.8) is 0 Å². The lowest BCUT2D eigenvalue weighted by atomic mass is 9.64. The van der Waals surface area contributed by atoms with Gasteiger partial charge < -0.3 is 9.88 Å². The summed E-state index contributed by atoms with van der Waals surface area (Å²) in [5, 5.41) is 0. The Bertz CT molecular complexity index is 676. The minimum Gasteiger partial charge on any atom is -0.348 e. The number of amides is 1. The van der Waals surface area contributed by atoms with E-state index >= 15 is 0 Å². The van der Waals surface area contributed by atoms with Crippen molar-refractivity contribution < 1.29 is 4.79 Å². The van der Waals surface area contributed by atoms with Crippen molar-refractivity contribution in [2.45, 2.75) is 44.4 Å². The van der Waals surface area contributed by atoms with Gasteiger partial charge in [0, 0.05) is 31.4 Å². The number of benzene rings is 1. The van der Waals surface area contributed by atoms with Crippen molar-refractivity contribution in [2.24, 2.45) is 5.41 Å². The summed E-state index contributed by atoms with van der Waals surface area (Å²) in [5.74, 6) is 1.75. The van der Waals surface area contributed by atoms with Gasteiger partial charge in [-0.25, -0.2) is 4.98 Å². The highest BCUT2D eigenvalue weighted by Gasteiger charge is 2.46. The molecule has 2 aliphatic rings. The molecule has 126 valence electrons. The second kappa shape index (κ2) is 6.42. The molecule has 1 aromatic heterocycles. The van der Waals surface area contributed by atoms with Crippen LogP contribution in [0.4, 0.5) is 0 Å². The topological polar surface area (TPSA) is 49.0 Å². The maximum Gasteiger partial charge on any atom is 0.229 e. The van der Waals surface area contributed by atoms with Crippen LogP contribution in [0.1, 0.15) is 49.4 Å². The Kier molecular flexibility index (Phi) is 4.13. The molecule has 1 saturated heterocycles. The van der Waals surface area contributed by atoms with E-state index in [0.717, 1.165) is 51.0 Å². The van der Waals surface area contributed by atoms with Gasteiger partial charge in [-0.05, 0) is 37.7 Å². The molecule has 4 nitrogen and oxygen atoms in total. The van der Waals surface area contributed by atoms with E-state index in [2.05, 4.69) is 39.1 Å². The summed E-state index contributed by atoms with van der Waals surface area (Å²) < 4.78 is 0. The van der Waals surface area contributed by atoms with E-state index < -0.39 is 0 Å². The van der Waals surface area contributed by atoms with Crippen LogP contribution in [0.15, 0.2) is 42.7 Å². The van der Waals surface area contributed by atoms with Crippen molar-refractivity contribution in [1.82, 2.24) is 14.9 Å². The number of nitrogens with zero attached hydrogens (tertiary/aromatic N) is 2. The number of carbonyl (C=O) groups excluding carboxylic acids is 1. The number of rotatable bonds is 4. The molecule has 1 atom stereocenters. The van der Waals surface area contributed by atoms with E-state index in [0.29, 0.717) is 11.8 Å². The predicted octanol–water partition coefficient (Wildman–Crippen LogP) is 3.53. The molecule has 1 amide bonds. The fourth-order valence-corrected chi connectivity index (χ4v) is 4.28. The molecule has 0 bridgehead atoms. The highest BCUT2D eigenvalue weighted by atomic mass is 16.2. The van der Waals surface area contributed by atoms with Crippen LogP contribution in [-0.4, -0.2) is 33.9 Å². The first-order valence-electron chi connectivity index (χ1n) is 9.09. The number of carbonyl (C=O) groups is 1. The normalized spacial score (nSPS) is 22.8. The average molecular weight is 323 g/mol. The molecule has 1 aromatic carbocycles. The lowest BCUT2D eigenvalue weighted by molar-refractivity contribution is -0.148. The van der Waals surface area contributed by atoms with Gasteiger partial charge in [-0.2, -0.15) is 0 Å². The number of imidazole rings is 1. The zero-order chi connectivity index (χ0) is 16.4. The summed E-state index contributed by atoms with van der Waals surface area (Å²) in [6.45, 7) is 1.70. The van der Waals surface area contributed by atoms with Gasteiger partial charge in [-0.3, -0.25) is 4.79 Å². The number of likely N-dealkylation sites (tertiary alicyclic amines) is 1. The van der Waals surface area contributed by atoms with E-state index in [9.17, 15) is 4.79 Å². The smallest absolute Gasteiger partial charge is 0.229 e. The van der Waals surface area contributed by atoms with Gasteiger partial charge >= 0.3 is 0 Å². The summed E-state index contributed by atoms with van der Waals surface area (Å²) in [6, 6.07) is 10.5. The quantitative estimate of drug-likeness (QED) is 0.936. The van der Waals surface area contributed by atoms with Crippen molar-refractivity contribution in [3.8, 4) is 0 Å². The molecule has 1 aliphatic carbocycles. The Morgan fingerprint density at radius 1 is 1.25 bits per heavy atom. The molecule has 4 rings (SSSR count). The Hall–Kier alpha value is -2.10. The van der Waals surface area contributed by atoms with Crippen LogP contribution < -0.4 is 0 Å². The van der Waals surface area contributed by atoms with E-state index in [-0.39, 0.29) is 5.41 Å². The van der Waals surface area contributed by atoms with Gasteiger partial charge in [0.2, 0.25) is 5.91 Å². The molecular formula is C20H25N3O. The molecule has 0 spiro atoms. The highest BCUT2D eigenvalue weighted by molar-refractivity contribution is 5.84. The van der Waals surface area contributed by atoms with E-state index in [4.69, 9.17) is 0 Å². The molecule has 2 aromatic rings. The number of hydrogen-bond acceptors (Lipinski definition) is 2. The second-order valence-electron chi connectivity index (χ2n) is 7.36. The molecular weight excluding hydrogens is 298 g/mol. The summed E-state index contributed by atoms with van der Waals surface area (Å²) in [4.78, 5) is 23.1. The molecule has 1 N–H and O–H groups in total. The van der Waals surface area contributed by atoms with Crippen LogP contribution in [0, 0.1) is 5.41 Å². The van der Waals surface area contributed by atoms with Gasteiger partial charge in [0.15, 0.2) is 0 Å². The Labute approximate surface area is 143 Å². The first-order valence-corrected chi connectivity index (χ1v) is 9.09. The third kappa shape index (κ3) is 2.85. The zero-order valence-corrected chi connectivity index (χ0v) is 14.1. The number of H-pyrrole nitrogens is 1. The lowest BCUT2D eigenvalue weighted by Gasteiger charge is -2.45. The highest BCUT2D eigenvalue weighted by Crippen LogP contribution is 2.46. The SMILES string of the molecule is O=C(N1CCCC(c2ncc[nH]2)C1)C1(Cc2ccccc2)CCC1. The summed E-state index contributed by atoms with van der Waals surface area (Å²) in [5.41, 5.74) is 1.12. The third-order valence-corrected chi connectivity index (χ3v) is 5.76. The first-order chi connectivity index (χ1) is 11.8. The Morgan fingerprint density at radius 3 is 2.75 bits per heavy atom. The average Bonchev–Trinajstić information content (AvgIpc) is 3.13. The molecule has 4 heteroatoms. The van der Waals surface area contributed by atoms with E-state index in [1.54, 1.807) is 6.20 Å². The van der Waals surface area contributed by atoms with Crippen LogP contribution in [0.5, 0.6) is 0 Å². The number of hydrogen-bond donors (Lipinski definition) is 1. The maximum absolute atomic E-state index is 13.3. The minimum absolute atomic E-state index is 0.160. The van der Waals surface area contributed by atoms with Gasteiger partial charge in [-0.1, -0.05) is 36.8 Å². The number of nitrogens with one attached hydrogen (secondary N) is 1. The van der Waals surface area contributed by atoms with Gasteiger partial charge in [0.1, 0.15) is 5.82 Å². The largest absolute Gasteiger partial charge is 0.348 e. The third-order valence-electron chi connectivity index (χ3n) is 5.76. The molecule has 24 heavy (non-hydrogen) atoms. The molecule has 1 saturated carbocycles. The summed E-state index contributed by atoms with van der Waals surface area (Å²) in [7, 11) is 0. The minimum atomic E-state index is -0.160. The van der Waals surface area contributed by atoms with Crippen molar-refractivity contribution in [3.05, 3.63) is 54.1 Å². The van der Waals surface area contributed by atoms with Crippen LogP contribution in [0.25, 0.3) is 0 Å². The van der Waals surface area contributed by atoms with Crippen LogP contribution in [0.2, 0.25) is 0 Å². The van der Waals surface area contributed by atoms with Crippen LogP contribution in [0.3, 0.4) is 0 Å². The van der Waals surface area contributed by atoms with Crippen LogP contribution >= 0.6 is 0 Å². The van der Waals surface area contributed by atoms with Gasteiger partial charge in [0.05, 0.1) is 5.41 Å². The van der Waals surface area contributed by atoms with E-state index in [1.807, 2.05) is 12.3 Å². The number of aromatic amines is 1. The maximum atomic E-state index is 13.3. The van der Waals surface area contributed by atoms with Crippen LogP contribution in [-0.2, 0) is 11.2 Å². The summed E-state index contributed by atoms with van der Waals surface area (Å²) in [6.07, 6.45) is 9.98. The number of piperidine rings is 1. The molecule has 1 aliphatic heterocycles. The predicted molar refractivity (Wildman–Crippen MR) is 93.6 cm³/mol. The molecule has 0 radical (unpaired) electrons. The van der Waals surface area contributed by atoms with Crippen molar-refractivity contribution >= 4 is 5.91 Å². The monoisotopic (exact) mass is 323 g/mol. The number of aromatic nitrogens is 2. The summed E-state index contributed by atoms with van der Waals surface area (Å²) >= 11 is 0. The van der Waals surface area contributed by atoms with Gasteiger partial charge in [0.25, 0.3) is 0 Å². The molecule has 2 fully saturated rings. The fraction of sp³-hybridized carbons (Fsp3) is 0.500. The molecule has 2 heterocycles. The van der Waals surface area contributed by atoms with Gasteiger partial charge in [-0.15, -0.1) is 0 Å². The van der Waals surface area contributed by atoms with Crippen molar-refractivity contribution in [1.29, 1.82) is 0 Å². The first kappa shape index (κ1) is 15.4. The fourth-order valence-electron chi connectivity index (χ4n) is 4.28. The zero-order valence-electron chi connectivity index (χ0n) is 14.1. The Morgan fingerprint density at radius 2 is 2.08 bits per heavy atom. The van der Waals surface area contributed by atoms with E-state index in [1.165, 1.54) is 12.0 Å². The van der Waals surface area contributed by atoms with Crippen molar-refractivity contribution in [2.75, 3.05) is 13.1 Å². The lowest BCUT2D eigenvalue weighted by Crippen LogP contribution is -2.51. The standard InChI is InChI=1S/C20H25N3O/c24-19(20(9-5-10-20)14-16-6-2-1-3-7-16)23-13-4-8-17(15-23)18-21-11-12-22-18/h1-3,6-7,11-12,17H,4-5,8-10,13-15H2,(H,21,22). The Balaban J connectivity index is 1.49. The molecule has 1 unspecified atom stereocenters. The second-order valence-corrected chi connectivity index (χ2v) is 7.36.